The fourth-order valence-corrected chi connectivity index (χ4v) is 2.32. The van der Waals surface area contributed by atoms with Gasteiger partial charge < -0.3 is 15.0 Å². The van der Waals surface area contributed by atoms with E-state index in [9.17, 15) is 0 Å². The SMILES string of the molecule is COCCN(c1cccc(CNC2CC2)n1)C1CC1. The van der Waals surface area contributed by atoms with E-state index < -0.39 is 0 Å². The van der Waals surface area contributed by atoms with Crippen molar-refractivity contribution in [1.82, 2.24) is 10.3 Å². The van der Waals surface area contributed by atoms with E-state index in [1.165, 1.54) is 25.7 Å². The number of ether oxygens (including phenoxy) is 1. The van der Waals surface area contributed by atoms with Gasteiger partial charge in [0.05, 0.1) is 12.3 Å². The quantitative estimate of drug-likeness (QED) is 0.776. The number of hydrogen-bond donors (Lipinski definition) is 1. The summed E-state index contributed by atoms with van der Waals surface area (Å²) >= 11 is 0. The van der Waals surface area contributed by atoms with Crippen molar-refractivity contribution >= 4 is 5.82 Å². The summed E-state index contributed by atoms with van der Waals surface area (Å²) in [5.74, 6) is 1.11. The zero-order chi connectivity index (χ0) is 13.1. The van der Waals surface area contributed by atoms with Gasteiger partial charge in [-0.05, 0) is 37.8 Å². The molecule has 0 amide bonds. The molecular weight excluding hydrogens is 238 g/mol. The van der Waals surface area contributed by atoms with Gasteiger partial charge in [0.25, 0.3) is 0 Å². The van der Waals surface area contributed by atoms with Crippen molar-refractivity contribution in [3.05, 3.63) is 23.9 Å². The molecule has 0 unspecified atom stereocenters. The van der Waals surface area contributed by atoms with Crippen LogP contribution < -0.4 is 10.2 Å². The first-order valence-electron chi connectivity index (χ1n) is 7.31. The summed E-state index contributed by atoms with van der Waals surface area (Å²) in [6, 6.07) is 7.76. The maximum atomic E-state index is 5.21. The van der Waals surface area contributed by atoms with Crippen LogP contribution in [-0.2, 0) is 11.3 Å². The van der Waals surface area contributed by atoms with Crippen molar-refractivity contribution in [1.29, 1.82) is 0 Å². The van der Waals surface area contributed by atoms with Crippen LogP contribution in [0.4, 0.5) is 5.82 Å². The van der Waals surface area contributed by atoms with E-state index in [1.807, 2.05) is 0 Å². The molecule has 0 radical (unpaired) electrons. The second kappa shape index (κ2) is 5.88. The fraction of sp³-hybridized carbons (Fsp3) is 0.667. The highest BCUT2D eigenvalue weighted by molar-refractivity contribution is 5.42. The summed E-state index contributed by atoms with van der Waals surface area (Å²) in [7, 11) is 1.76. The Hall–Kier alpha value is -1.13. The van der Waals surface area contributed by atoms with E-state index >= 15 is 0 Å². The first-order valence-corrected chi connectivity index (χ1v) is 7.31. The summed E-state index contributed by atoms with van der Waals surface area (Å²) in [5, 5.41) is 3.52. The summed E-state index contributed by atoms with van der Waals surface area (Å²) in [5.41, 5.74) is 1.15. The molecule has 1 aromatic heterocycles. The summed E-state index contributed by atoms with van der Waals surface area (Å²) in [6.07, 6.45) is 5.22. The Kier molecular flexibility index (Phi) is 3.99. The van der Waals surface area contributed by atoms with Gasteiger partial charge in [-0.25, -0.2) is 4.98 Å². The molecule has 1 aromatic rings. The van der Waals surface area contributed by atoms with Crippen LogP contribution in [0, 0.1) is 0 Å². The predicted molar refractivity (Wildman–Crippen MR) is 76.3 cm³/mol. The van der Waals surface area contributed by atoms with E-state index in [2.05, 4.69) is 28.4 Å². The number of rotatable bonds is 8. The third-order valence-electron chi connectivity index (χ3n) is 3.76. The van der Waals surface area contributed by atoms with Crippen LogP contribution in [0.2, 0.25) is 0 Å². The molecular formula is C15H23N3O. The molecule has 0 bridgehead atoms. The number of nitrogens with zero attached hydrogens (tertiary/aromatic N) is 2. The largest absolute Gasteiger partial charge is 0.383 e. The minimum atomic E-state index is 0.675. The molecule has 2 aliphatic carbocycles. The first kappa shape index (κ1) is 12.9. The molecule has 4 nitrogen and oxygen atoms in total. The van der Waals surface area contributed by atoms with Gasteiger partial charge in [-0.3, -0.25) is 0 Å². The lowest BCUT2D eigenvalue weighted by molar-refractivity contribution is 0.204. The third-order valence-corrected chi connectivity index (χ3v) is 3.76. The molecule has 0 atom stereocenters. The van der Waals surface area contributed by atoms with E-state index in [-0.39, 0.29) is 0 Å². The minimum Gasteiger partial charge on any atom is -0.383 e. The second-order valence-electron chi connectivity index (χ2n) is 5.56. The Balaban J connectivity index is 1.64. The average molecular weight is 261 g/mol. The van der Waals surface area contributed by atoms with Crippen molar-refractivity contribution < 1.29 is 4.74 Å². The van der Waals surface area contributed by atoms with Gasteiger partial charge >= 0.3 is 0 Å². The average Bonchev–Trinajstić information content (AvgIpc) is 3.30. The van der Waals surface area contributed by atoms with Crippen molar-refractivity contribution in [2.45, 2.75) is 44.3 Å². The molecule has 3 rings (SSSR count). The fourth-order valence-electron chi connectivity index (χ4n) is 2.32. The Morgan fingerprint density at radius 2 is 2.16 bits per heavy atom. The number of methoxy groups -OCH3 is 1. The summed E-state index contributed by atoms with van der Waals surface area (Å²) in [4.78, 5) is 7.19. The Morgan fingerprint density at radius 3 is 2.84 bits per heavy atom. The Morgan fingerprint density at radius 1 is 1.32 bits per heavy atom. The Labute approximate surface area is 115 Å². The highest BCUT2D eigenvalue weighted by Crippen LogP contribution is 2.30. The number of aromatic nitrogens is 1. The molecule has 2 aliphatic rings. The molecule has 2 saturated carbocycles. The first-order chi connectivity index (χ1) is 9.36. The normalized spacial score (nSPS) is 18.6. The van der Waals surface area contributed by atoms with Gasteiger partial charge in [-0.15, -0.1) is 0 Å². The zero-order valence-electron chi connectivity index (χ0n) is 11.6. The summed E-state index contributed by atoms with van der Waals surface area (Å²) < 4.78 is 5.21. The second-order valence-corrected chi connectivity index (χ2v) is 5.56. The predicted octanol–water partition coefficient (Wildman–Crippen LogP) is 1.95. The van der Waals surface area contributed by atoms with E-state index in [1.54, 1.807) is 7.11 Å². The molecule has 0 spiro atoms. The van der Waals surface area contributed by atoms with Crippen LogP contribution in [-0.4, -0.2) is 37.3 Å². The maximum Gasteiger partial charge on any atom is 0.129 e. The highest BCUT2D eigenvalue weighted by atomic mass is 16.5. The van der Waals surface area contributed by atoms with Gasteiger partial charge in [0, 0.05) is 32.3 Å². The molecule has 0 aromatic carbocycles. The van der Waals surface area contributed by atoms with Gasteiger partial charge in [-0.2, -0.15) is 0 Å². The zero-order valence-corrected chi connectivity index (χ0v) is 11.6. The highest BCUT2D eigenvalue weighted by Gasteiger charge is 2.29. The van der Waals surface area contributed by atoms with Gasteiger partial charge in [0.2, 0.25) is 0 Å². The van der Waals surface area contributed by atoms with Crippen LogP contribution in [0.3, 0.4) is 0 Å². The van der Waals surface area contributed by atoms with Crippen molar-refractivity contribution in [2.75, 3.05) is 25.2 Å². The van der Waals surface area contributed by atoms with Gasteiger partial charge in [0.1, 0.15) is 5.82 Å². The number of nitrogens with one attached hydrogen (secondary N) is 1. The maximum absolute atomic E-state index is 5.21. The molecule has 1 heterocycles. The number of hydrogen-bond acceptors (Lipinski definition) is 4. The molecule has 1 N–H and O–H groups in total. The van der Waals surface area contributed by atoms with Crippen molar-refractivity contribution in [3.63, 3.8) is 0 Å². The van der Waals surface area contributed by atoms with Crippen LogP contribution in [0.1, 0.15) is 31.4 Å². The lowest BCUT2D eigenvalue weighted by Gasteiger charge is -2.23. The molecule has 2 fully saturated rings. The molecule has 4 heteroatoms. The Bertz CT molecular complexity index is 416. The van der Waals surface area contributed by atoms with Crippen LogP contribution in [0.25, 0.3) is 0 Å². The smallest absolute Gasteiger partial charge is 0.129 e. The lowest BCUT2D eigenvalue weighted by Crippen LogP contribution is -2.30. The molecule has 0 saturated heterocycles. The van der Waals surface area contributed by atoms with Gasteiger partial charge in [-0.1, -0.05) is 6.07 Å². The number of anilines is 1. The molecule has 0 aliphatic heterocycles. The number of pyridine rings is 1. The monoisotopic (exact) mass is 261 g/mol. The third kappa shape index (κ3) is 3.67. The standard InChI is InChI=1S/C15H23N3O/c1-19-10-9-18(14-7-8-14)15-4-2-3-13(17-15)11-16-12-5-6-12/h2-4,12,14,16H,5-11H2,1H3. The van der Waals surface area contributed by atoms with Crippen molar-refractivity contribution in [3.8, 4) is 0 Å². The summed E-state index contributed by atoms with van der Waals surface area (Å²) in [6.45, 7) is 2.59. The van der Waals surface area contributed by atoms with Crippen molar-refractivity contribution in [2.24, 2.45) is 0 Å². The van der Waals surface area contributed by atoms with E-state index in [4.69, 9.17) is 9.72 Å². The van der Waals surface area contributed by atoms with E-state index in [0.29, 0.717) is 6.04 Å². The lowest BCUT2D eigenvalue weighted by atomic mass is 10.3. The molecule has 19 heavy (non-hydrogen) atoms. The van der Waals surface area contributed by atoms with Crippen LogP contribution in [0.15, 0.2) is 18.2 Å². The van der Waals surface area contributed by atoms with E-state index in [0.717, 1.165) is 37.3 Å². The minimum absolute atomic E-state index is 0.675. The molecule has 104 valence electrons. The van der Waals surface area contributed by atoms with Crippen LogP contribution >= 0.6 is 0 Å². The van der Waals surface area contributed by atoms with Crippen LogP contribution in [0.5, 0.6) is 0 Å². The topological polar surface area (TPSA) is 37.4 Å². The van der Waals surface area contributed by atoms with Gasteiger partial charge in [0.15, 0.2) is 0 Å².